The van der Waals surface area contributed by atoms with E-state index in [1.54, 1.807) is 25.4 Å². The van der Waals surface area contributed by atoms with Crippen LogP contribution in [0.5, 0.6) is 0 Å². The summed E-state index contributed by atoms with van der Waals surface area (Å²) in [6.07, 6.45) is 3.45. The van der Waals surface area contributed by atoms with Crippen LogP contribution in [0.15, 0.2) is 93.0 Å². The van der Waals surface area contributed by atoms with Crippen LogP contribution in [0, 0.1) is 12.3 Å². The second-order valence-corrected chi connectivity index (χ2v) is 8.74. The third-order valence-corrected chi connectivity index (χ3v) is 6.09. The van der Waals surface area contributed by atoms with Gasteiger partial charge in [0.2, 0.25) is 5.96 Å². The molecule has 2 aromatic carbocycles. The Kier molecular flexibility index (Phi) is 5.67. The van der Waals surface area contributed by atoms with Gasteiger partial charge in [0.1, 0.15) is 0 Å². The first kappa shape index (κ1) is 21.8. The Morgan fingerprint density at radius 1 is 1.06 bits per heavy atom. The molecule has 2 aromatic heterocycles. The average Bonchev–Trinajstić information content (AvgIpc) is 3.37. The first-order valence-electron chi connectivity index (χ1n) is 9.69. The number of nitrogens with one attached hydrogen (secondary N) is 3. The lowest BCUT2D eigenvalue weighted by molar-refractivity contribution is 0.601. The summed E-state index contributed by atoms with van der Waals surface area (Å²) in [7, 11) is -3.82. The number of sulfonamides is 1. The van der Waals surface area contributed by atoms with Gasteiger partial charge in [-0.25, -0.2) is 8.42 Å². The molecular formula is C21H20N8O3S. The molecular weight excluding hydrogens is 444 g/mol. The molecule has 11 nitrogen and oxygen atoms in total. The molecule has 0 unspecified atom stereocenters. The second-order valence-electron chi connectivity index (χ2n) is 7.05. The lowest BCUT2D eigenvalue weighted by Gasteiger charge is -2.06. The van der Waals surface area contributed by atoms with Crippen molar-refractivity contribution < 1.29 is 8.42 Å². The molecule has 4 aromatic rings. The largest absolute Gasteiger partial charge is 0.368 e. The molecule has 4 rings (SSSR count). The highest BCUT2D eigenvalue weighted by atomic mass is 32.2. The summed E-state index contributed by atoms with van der Waals surface area (Å²) in [6, 6.07) is 16.9. The number of rotatable bonds is 6. The molecule has 0 saturated carbocycles. The third kappa shape index (κ3) is 4.60. The van der Waals surface area contributed by atoms with E-state index in [0.29, 0.717) is 17.1 Å². The van der Waals surface area contributed by atoms with Crippen molar-refractivity contribution in [3.8, 4) is 5.69 Å². The van der Waals surface area contributed by atoms with E-state index in [9.17, 15) is 13.2 Å². The van der Waals surface area contributed by atoms with E-state index in [2.05, 4.69) is 20.0 Å². The van der Waals surface area contributed by atoms with Crippen LogP contribution in [0.1, 0.15) is 5.69 Å². The zero-order chi connectivity index (χ0) is 23.6. The highest BCUT2D eigenvalue weighted by molar-refractivity contribution is 7.92. The first-order chi connectivity index (χ1) is 15.7. The minimum atomic E-state index is -3.82. The number of aromatic nitrogens is 3. The summed E-state index contributed by atoms with van der Waals surface area (Å²) in [5.41, 5.74) is 6.80. The summed E-state index contributed by atoms with van der Waals surface area (Å²) in [5.74, 6) is -0.467. The minimum absolute atomic E-state index is 0.00601. The van der Waals surface area contributed by atoms with Crippen LogP contribution >= 0.6 is 0 Å². The van der Waals surface area contributed by atoms with E-state index in [4.69, 9.17) is 11.1 Å². The predicted octanol–water partition coefficient (Wildman–Crippen LogP) is 3.23. The van der Waals surface area contributed by atoms with Gasteiger partial charge in [0, 0.05) is 18.1 Å². The van der Waals surface area contributed by atoms with Gasteiger partial charge in [-0.15, -0.1) is 5.11 Å². The fourth-order valence-corrected chi connectivity index (χ4v) is 4.10. The molecule has 0 fully saturated rings. The van der Waals surface area contributed by atoms with E-state index < -0.39 is 21.5 Å². The lowest BCUT2D eigenvalue weighted by atomic mass is 10.3. The van der Waals surface area contributed by atoms with Crippen molar-refractivity contribution in [1.82, 2.24) is 14.3 Å². The fraction of sp³-hybridized carbons (Fsp3) is 0.0476. The highest BCUT2D eigenvalue weighted by Gasteiger charge is 2.15. The summed E-state index contributed by atoms with van der Waals surface area (Å²) >= 11 is 0. The Morgan fingerprint density at radius 2 is 1.76 bits per heavy atom. The standard InChI is InChI=1S/C21H20N8O3S/c1-14-19(20(30)29(26-14)21(22)23)25-24-15-7-9-18(10-8-15)33(31,32)27-16-11-12-28(13-16)17-5-3-2-4-6-17/h2-13,26-27H,1H3,(H3,22,23). The van der Waals surface area contributed by atoms with Gasteiger partial charge in [0.15, 0.2) is 5.69 Å². The molecule has 0 radical (unpaired) electrons. The Hall–Kier alpha value is -4.45. The Balaban J connectivity index is 1.50. The summed E-state index contributed by atoms with van der Waals surface area (Å²) < 4.78 is 30.7. The SMILES string of the molecule is Cc1[nH]n(C(=N)N)c(=O)c1N=Nc1ccc(S(=O)(=O)Nc2ccn(-c3ccccc3)c2)cc1. The molecule has 0 atom stereocenters. The maximum absolute atomic E-state index is 12.7. The smallest absolute Gasteiger partial charge is 0.301 e. The molecule has 168 valence electrons. The molecule has 0 bridgehead atoms. The van der Waals surface area contributed by atoms with Crippen molar-refractivity contribution in [3.63, 3.8) is 0 Å². The number of H-pyrrole nitrogens is 1. The Labute approximate surface area is 188 Å². The maximum atomic E-state index is 12.7. The van der Waals surface area contributed by atoms with E-state index in [-0.39, 0.29) is 10.6 Å². The quantitative estimate of drug-likeness (QED) is 0.196. The van der Waals surface area contributed by atoms with Gasteiger partial charge in [-0.2, -0.15) is 9.80 Å². The molecule has 2 heterocycles. The summed E-state index contributed by atoms with van der Waals surface area (Å²) in [4.78, 5) is 12.2. The van der Waals surface area contributed by atoms with Gasteiger partial charge in [0.25, 0.3) is 10.0 Å². The van der Waals surface area contributed by atoms with Crippen molar-refractivity contribution in [2.45, 2.75) is 11.8 Å². The number of aromatic amines is 1. The first-order valence-corrected chi connectivity index (χ1v) is 11.2. The van der Waals surface area contributed by atoms with Gasteiger partial charge in [-0.05, 0) is 49.4 Å². The van der Waals surface area contributed by atoms with Crippen molar-refractivity contribution in [3.05, 3.63) is 89.1 Å². The number of nitrogen functional groups attached to an aromatic ring is 1. The fourth-order valence-electron chi connectivity index (χ4n) is 3.06. The molecule has 0 spiro atoms. The van der Waals surface area contributed by atoms with Crippen LogP contribution in [-0.2, 0) is 10.0 Å². The van der Waals surface area contributed by atoms with Gasteiger partial charge >= 0.3 is 5.56 Å². The Bertz CT molecular complexity index is 1500. The van der Waals surface area contributed by atoms with Gasteiger partial charge in [-0.1, -0.05) is 18.2 Å². The van der Waals surface area contributed by atoms with Crippen LogP contribution in [0.25, 0.3) is 5.69 Å². The van der Waals surface area contributed by atoms with Crippen LogP contribution in [0.3, 0.4) is 0 Å². The lowest BCUT2D eigenvalue weighted by Crippen LogP contribution is -2.30. The van der Waals surface area contributed by atoms with Gasteiger partial charge in [-0.3, -0.25) is 20.0 Å². The van der Waals surface area contributed by atoms with Crippen molar-refractivity contribution in [2.24, 2.45) is 16.0 Å². The van der Waals surface area contributed by atoms with Gasteiger partial charge < -0.3 is 10.3 Å². The number of nitrogens with zero attached hydrogens (tertiary/aromatic N) is 4. The molecule has 0 saturated heterocycles. The summed E-state index contributed by atoms with van der Waals surface area (Å²) in [5, 5.41) is 17.9. The average molecular weight is 465 g/mol. The molecule has 0 aliphatic rings. The number of nitrogens with two attached hydrogens (primary N) is 1. The molecule has 12 heteroatoms. The van der Waals surface area contributed by atoms with Crippen LogP contribution in [0.4, 0.5) is 17.1 Å². The third-order valence-electron chi connectivity index (χ3n) is 4.69. The maximum Gasteiger partial charge on any atom is 0.301 e. The van der Waals surface area contributed by atoms with E-state index >= 15 is 0 Å². The van der Waals surface area contributed by atoms with Crippen molar-refractivity contribution in [2.75, 3.05) is 4.72 Å². The molecule has 0 aliphatic heterocycles. The predicted molar refractivity (Wildman–Crippen MR) is 124 cm³/mol. The van der Waals surface area contributed by atoms with Gasteiger partial charge in [0.05, 0.1) is 22.0 Å². The van der Waals surface area contributed by atoms with Crippen molar-refractivity contribution in [1.29, 1.82) is 5.41 Å². The van der Waals surface area contributed by atoms with Crippen LogP contribution in [0.2, 0.25) is 0 Å². The highest BCUT2D eigenvalue weighted by Crippen LogP contribution is 2.22. The van der Waals surface area contributed by atoms with Crippen LogP contribution < -0.4 is 16.0 Å². The molecule has 5 N–H and O–H groups in total. The number of anilines is 1. The second kappa shape index (κ2) is 8.59. The molecule has 0 aliphatic carbocycles. The number of aryl methyl sites for hydroxylation is 1. The van der Waals surface area contributed by atoms with Crippen LogP contribution in [-0.4, -0.2) is 28.7 Å². The topological polar surface area (TPSA) is 163 Å². The van der Waals surface area contributed by atoms with E-state index in [0.717, 1.165) is 10.4 Å². The number of hydrogen-bond acceptors (Lipinski definition) is 6. The normalized spacial score (nSPS) is 11.7. The minimum Gasteiger partial charge on any atom is -0.368 e. The Morgan fingerprint density at radius 3 is 2.39 bits per heavy atom. The van der Waals surface area contributed by atoms with E-state index in [1.807, 2.05) is 34.9 Å². The number of para-hydroxylation sites is 1. The monoisotopic (exact) mass is 464 g/mol. The van der Waals surface area contributed by atoms with Crippen molar-refractivity contribution >= 4 is 33.0 Å². The molecule has 33 heavy (non-hydrogen) atoms. The zero-order valence-electron chi connectivity index (χ0n) is 17.4. The number of azo groups is 1. The summed E-state index contributed by atoms with van der Waals surface area (Å²) in [6.45, 7) is 1.60. The number of benzene rings is 2. The van der Waals surface area contributed by atoms with E-state index in [1.165, 1.54) is 24.3 Å². The number of hydrogen-bond donors (Lipinski definition) is 4. The zero-order valence-corrected chi connectivity index (χ0v) is 18.2. The molecule has 0 amide bonds.